The van der Waals surface area contributed by atoms with Crippen LogP contribution in [0.4, 0.5) is 20.2 Å². The van der Waals surface area contributed by atoms with Crippen LogP contribution in [0.15, 0.2) is 12.1 Å². The maximum Gasteiger partial charge on any atom is 0.151 e. The summed E-state index contributed by atoms with van der Waals surface area (Å²) in [7, 11) is 0. The van der Waals surface area contributed by atoms with Crippen molar-refractivity contribution >= 4 is 11.4 Å². The number of anilines is 2. The van der Waals surface area contributed by atoms with E-state index in [1.165, 1.54) is 12.5 Å². The van der Waals surface area contributed by atoms with Crippen molar-refractivity contribution in [3.63, 3.8) is 0 Å². The van der Waals surface area contributed by atoms with Crippen molar-refractivity contribution in [1.82, 2.24) is 0 Å². The van der Waals surface area contributed by atoms with Crippen LogP contribution >= 0.6 is 0 Å². The molecule has 0 amide bonds. The minimum atomic E-state index is -0.530. The van der Waals surface area contributed by atoms with Crippen molar-refractivity contribution in [3.05, 3.63) is 23.8 Å². The molecule has 0 saturated heterocycles. The quantitative estimate of drug-likeness (QED) is 0.724. The largest absolute Gasteiger partial charge is 0.380 e. The van der Waals surface area contributed by atoms with Crippen molar-refractivity contribution < 1.29 is 8.78 Å². The second-order valence-electron chi connectivity index (χ2n) is 5.41. The molecule has 3 rings (SSSR count). The summed E-state index contributed by atoms with van der Waals surface area (Å²) in [5.74, 6) is -1.05. The smallest absolute Gasteiger partial charge is 0.151 e. The Kier molecular flexibility index (Phi) is 2.28. The van der Waals surface area contributed by atoms with Gasteiger partial charge < -0.3 is 10.6 Å². The minimum Gasteiger partial charge on any atom is -0.380 e. The van der Waals surface area contributed by atoms with Crippen molar-refractivity contribution in [2.24, 2.45) is 5.41 Å². The van der Waals surface area contributed by atoms with E-state index in [2.05, 4.69) is 17.6 Å². The lowest BCUT2D eigenvalue weighted by Gasteiger charge is -2.29. The van der Waals surface area contributed by atoms with Gasteiger partial charge in [-0.1, -0.05) is 13.3 Å². The van der Waals surface area contributed by atoms with E-state index in [1.807, 2.05) is 0 Å². The third kappa shape index (κ3) is 1.66. The van der Waals surface area contributed by atoms with Gasteiger partial charge in [0, 0.05) is 24.1 Å². The zero-order chi connectivity index (χ0) is 12.0. The molecule has 1 aliphatic carbocycles. The van der Waals surface area contributed by atoms with Crippen LogP contribution in [0.5, 0.6) is 0 Å². The van der Waals surface area contributed by atoms with E-state index in [1.54, 1.807) is 0 Å². The summed E-state index contributed by atoms with van der Waals surface area (Å²) in [5, 5.41) is 6.43. The molecular formula is C13H16F2N2. The number of halogens is 2. The minimum absolute atomic E-state index is 0.127. The van der Waals surface area contributed by atoms with Gasteiger partial charge in [0.25, 0.3) is 0 Å². The Balaban J connectivity index is 2.03. The van der Waals surface area contributed by atoms with E-state index < -0.39 is 11.6 Å². The molecule has 1 aromatic carbocycles. The average molecular weight is 238 g/mol. The second-order valence-corrected chi connectivity index (χ2v) is 5.41. The molecule has 0 aromatic heterocycles. The van der Waals surface area contributed by atoms with Gasteiger partial charge in [0.05, 0.1) is 11.4 Å². The Morgan fingerprint density at radius 1 is 1.35 bits per heavy atom. The van der Waals surface area contributed by atoms with E-state index in [-0.39, 0.29) is 5.41 Å². The number of benzene rings is 1. The Bertz CT molecular complexity index is 461. The normalized spacial score (nSPS) is 30.9. The highest BCUT2D eigenvalue weighted by atomic mass is 19.1. The molecule has 92 valence electrons. The van der Waals surface area contributed by atoms with Gasteiger partial charge in [-0.2, -0.15) is 0 Å². The fourth-order valence-corrected chi connectivity index (χ4v) is 3.04. The van der Waals surface area contributed by atoms with E-state index in [0.29, 0.717) is 17.4 Å². The van der Waals surface area contributed by atoms with Crippen molar-refractivity contribution in [3.8, 4) is 0 Å². The van der Waals surface area contributed by atoms with Gasteiger partial charge in [0.15, 0.2) is 5.82 Å². The number of hydrogen-bond donors (Lipinski definition) is 2. The highest BCUT2D eigenvalue weighted by Crippen LogP contribution is 2.43. The van der Waals surface area contributed by atoms with Gasteiger partial charge in [-0.3, -0.25) is 0 Å². The van der Waals surface area contributed by atoms with Gasteiger partial charge in [0.2, 0.25) is 0 Å². The predicted octanol–water partition coefficient (Wildman–Crippen LogP) is 3.36. The number of nitrogens with one attached hydrogen (secondary N) is 2. The molecule has 4 heteroatoms. The summed E-state index contributed by atoms with van der Waals surface area (Å²) in [6.45, 7) is 2.94. The molecule has 1 heterocycles. The Morgan fingerprint density at radius 3 is 3.00 bits per heavy atom. The summed E-state index contributed by atoms with van der Waals surface area (Å²) in [6, 6.07) is 2.60. The molecule has 1 aliphatic heterocycles. The predicted molar refractivity (Wildman–Crippen MR) is 64.2 cm³/mol. The first-order valence-corrected chi connectivity index (χ1v) is 6.08. The van der Waals surface area contributed by atoms with Crippen LogP contribution in [0, 0.1) is 17.0 Å². The lowest BCUT2D eigenvalue weighted by atomic mass is 9.85. The molecule has 2 nitrogen and oxygen atoms in total. The molecule has 2 N–H and O–H groups in total. The highest BCUT2D eigenvalue weighted by Gasteiger charge is 2.40. The maximum absolute atomic E-state index is 13.7. The first kappa shape index (κ1) is 10.8. The summed E-state index contributed by atoms with van der Waals surface area (Å²) in [4.78, 5) is 0. The van der Waals surface area contributed by atoms with E-state index in [4.69, 9.17) is 0 Å². The lowest BCUT2D eigenvalue weighted by Crippen LogP contribution is -2.36. The molecule has 1 fully saturated rings. The maximum atomic E-state index is 13.7. The summed E-state index contributed by atoms with van der Waals surface area (Å²) < 4.78 is 26.9. The Morgan fingerprint density at radius 2 is 2.18 bits per heavy atom. The third-order valence-corrected chi connectivity index (χ3v) is 4.14. The van der Waals surface area contributed by atoms with Crippen LogP contribution in [0.25, 0.3) is 0 Å². The summed E-state index contributed by atoms with van der Waals surface area (Å²) in [6.07, 6.45) is 3.36. The molecule has 0 bridgehead atoms. The molecule has 2 atom stereocenters. The Hall–Kier alpha value is -1.32. The van der Waals surface area contributed by atoms with Crippen LogP contribution in [-0.4, -0.2) is 12.6 Å². The van der Waals surface area contributed by atoms with E-state index >= 15 is 0 Å². The van der Waals surface area contributed by atoms with Crippen LogP contribution in [-0.2, 0) is 0 Å². The van der Waals surface area contributed by atoms with Gasteiger partial charge in [-0.15, -0.1) is 0 Å². The molecule has 1 saturated carbocycles. The monoisotopic (exact) mass is 238 g/mol. The SMILES string of the molecule is CC12CCCC1Nc1cc(F)cc(F)c1NC2. The van der Waals surface area contributed by atoms with Crippen LogP contribution < -0.4 is 10.6 Å². The van der Waals surface area contributed by atoms with Crippen LogP contribution in [0.1, 0.15) is 26.2 Å². The van der Waals surface area contributed by atoms with E-state index in [0.717, 1.165) is 25.5 Å². The standard InChI is InChI=1S/C13H16F2N2/c1-13-4-2-3-11(13)17-10-6-8(14)5-9(15)12(10)16-7-13/h5-6,11,16-17H,2-4,7H2,1H3. The fourth-order valence-electron chi connectivity index (χ4n) is 3.04. The van der Waals surface area contributed by atoms with Gasteiger partial charge in [0.1, 0.15) is 5.82 Å². The van der Waals surface area contributed by atoms with Crippen molar-refractivity contribution in [2.75, 3.05) is 17.2 Å². The summed E-state index contributed by atoms with van der Waals surface area (Å²) >= 11 is 0. The van der Waals surface area contributed by atoms with Crippen molar-refractivity contribution in [1.29, 1.82) is 0 Å². The number of fused-ring (bicyclic) bond motifs is 2. The lowest BCUT2D eigenvalue weighted by molar-refractivity contribution is 0.335. The first-order valence-electron chi connectivity index (χ1n) is 6.08. The summed E-state index contributed by atoms with van der Waals surface area (Å²) in [5.41, 5.74) is 1.09. The topological polar surface area (TPSA) is 24.1 Å². The zero-order valence-electron chi connectivity index (χ0n) is 9.82. The Labute approximate surface area is 99.4 Å². The van der Waals surface area contributed by atoms with Crippen LogP contribution in [0.3, 0.4) is 0 Å². The van der Waals surface area contributed by atoms with Gasteiger partial charge in [-0.05, 0) is 18.9 Å². The van der Waals surface area contributed by atoms with Gasteiger partial charge >= 0.3 is 0 Å². The van der Waals surface area contributed by atoms with Crippen LogP contribution in [0.2, 0.25) is 0 Å². The average Bonchev–Trinajstić information content (AvgIpc) is 2.53. The molecule has 2 aliphatic rings. The third-order valence-electron chi connectivity index (χ3n) is 4.14. The van der Waals surface area contributed by atoms with Crippen molar-refractivity contribution in [2.45, 2.75) is 32.2 Å². The fraction of sp³-hybridized carbons (Fsp3) is 0.538. The number of hydrogen-bond acceptors (Lipinski definition) is 2. The first-order chi connectivity index (χ1) is 8.08. The molecular weight excluding hydrogens is 222 g/mol. The van der Waals surface area contributed by atoms with E-state index in [9.17, 15) is 8.78 Å². The highest BCUT2D eigenvalue weighted by molar-refractivity contribution is 5.71. The molecule has 17 heavy (non-hydrogen) atoms. The van der Waals surface area contributed by atoms with Gasteiger partial charge in [-0.25, -0.2) is 8.78 Å². The zero-order valence-corrected chi connectivity index (χ0v) is 9.82. The molecule has 0 radical (unpaired) electrons. The second kappa shape index (κ2) is 3.59. The molecule has 1 aromatic rings. The number of rotatable bonds is 0. The molecule has 0 spiro atoms. The molecule has 2 unspecified atom stereocenters.